The molecule has 0 aliphatic carbocycles. The van der Waals surface area contributed by atoms with Crippen LogP contribution in [0.4, 0.5) is 4.79 Å². The molecule has 0 spiro atoms. The van der Waals surface area contributed by atoms with Crippen molar-refractivity contribution in [3.63, 3.8) is 0 Å². The van der Waals surface area contributed by atoms with Crippen LogP contribution in [-0.4, -0.2) is 46.8 Å². The molecule has 1 fully saturated rings. The molecule has 7 nitrogen and oxygen atoms in total. The third-order valence-electron chi connectivity index (χ3n) is 5.89. The van der Waals surface area contributed by atoms with E-state index in [0.717, 1.165) is 32.8 Å². The predicted octanol–water partition coefficient (Wildman–Crippen LogP) is 3.61. The van der Waals surface area contributed by atoms with E-state index in [4.69, 9.17) is 4.74 Å². The summed E-state index contributed by atoms with van der Waals surface area (Å²) in [4.78, 5) is 42.9. The Morgan fingerprint density at radius 3 is 2.52 bits per heavy atom. The molecule has 0 radical (unpaired) electrons. The molecule has 2 heterocycles. The van der Waals surface area contributed by atoms with Crippen LogP contribution in [0.3, 0.4) is 0 Å². The minimum absolute atomic E-state index is 0.266. The molecule has 4 rings (SSSR count). The number of benzene rings is 2. The van der Waals surface area contributed by atoms with Gasteiger partial charge in [0.15, 0.2) is 5.78 Å². The van der Waals surface area contributed by atoms with Crippen LogP contribution in [0.2, 0.25) is 0 Å². The number of amides is 3. The Balaban J connectivity index is 1.48. The quantitative estimate of drug-likeness (QED) is 0.452. The van der Waals surface area contributed by atoms with E-state index in [1.807, 2.05) is 55.5 Å². The second-order valence-electron chi connectivity index (χ2n) is 8.10. The van der Waals surface area contributed by atoms with Crippen LogP contribution in [0.25, 0.3) is 10.9 Å². The average molecular weight is 419 g/mol. The smallest absolute Gasteiger partial charge is 0.325 e. The van der Waals surface area contributed by atoms with E-state index in [1.54, 1.807) is 14.0 Å². The van der Waals surface area contributed by atoms with Gasteiger partial charge >= 0.3 is 6.03 Å². The molecule has 1 saturated heterocycles. The summed E-state index contributed by atoms with van der Waals surface area (Å²) in [6, 6.07) is 14.6. The Labute approximate surface area is 180 Å². The van der Waals surface area contributed by atoms with Gasteiger partial charge in [0.25, 0.3) is 5.91 Å². The van der Waals surface area contributed by atoms with Gasteiger partial charge in [-0.3, -0.25) is 14.5 Å². The molecular weight excluding hydrogens is 394 g/mol. The summed E-state index contributed by atoms with van der Waals surface area (Å²) in [6.45, 7) is 3.24. The molecule has 1 aromatic heterocycles. The first kappa shape index (κ1) is 20.7. The Morgan fingerprint density at radius 1 is 1.10 bits per heavy atom. The fraction of sp³-hybridized carbons (Fsp3) is 0.292. The third kappa shape index (κ3) is 3.79. The molecule has 1 aliphatic rings. The molecule has 3 aromatic rings. The second-order valence-corrected chi connectivity index (χ2v) is 8.10. The number of methoxy groups -OCH3 is 1. The van der Waals surface area contributed by atoms with E-state index in [0.29, 0.717) is 18.4 Å². The maximum atomic E-state index is 13.1. The number of nitrogens with zero attached hydrogens (tertiary/aromatic N) is 1. The van der Waals surface area contributed by atoms with Crippen LogP contribution in [-0.2, 0) is 11.2 Å². The molecule has 160 valence electrons. The molecule has 0 bridgehead atoms. The normalized spacial score (nSPS) is 18.5. The van der Waals surface area contributed by atoms with Crippen LogP contribution in [0.5, 0.6) is 5.75 Å². The van der Waals surface area contributed by atoms with Crippen LogP contribution < -0.4 is 10.1 Å². The van der Waals surface area contributed by atoms with Gasteiger partial charge in [-0.25, -0.2) is 4.79 Å². The Morgan fingerprint density at radius 2 is 1.81 bits per heavy atom. The van der Waals surface area contributed by atoms with Gasteiger partial charge in [0.05, 0.1) is 13.7 Å². The van der Waals surface area contributed by atoms with Gasteiger partial charge in [-0.05, 0) is 50.5 Å². The van der Waals surface area contributed by atoms with Crippen molar-refractivity contribution in [1.82, 2.24) is 15.2 Å². The van der Waals surface area contributed by atoms with Crippen molar-refractivity contribution in [2.45, 2.75) is 32.2 Å². The number of para-hydroxylation sites is 1. The zero-order chi connectivity index (χ0) is 22.2. The summed E-state index contributed by atoms with van der Waals surface area (Å²) in [5, 5.41) is 3.57. The SMILES string of the molecule is COc1ccc(CC[C@]2(C)NC(=O)N(CC(=O)c3c(C)[nH]c4ccccc34)C2=O)cc1. The summed E-state index contributed by atoms with van der Waals surface area (Å²) in [5.74, 6) is 0.118. The van der Waals surface area contributed by atoms with Gasteiger partial charge in [0, 0.05) is 22.2 Å². The van der Waals surface area contributed by atoms with E-state index in [-0.39, 0.29) is 18.2 Å². The Kier molecular flexibility index (Phi) is 5.27. The number of H-pyrrole nitrogens is 1. The number of hydrogen-bond acceptors (Lipinski definition) is 4. The molecular formula is C24H25N3O4. The predicted molar refractivity (Wildman–Crippen MR) is 117 cm³/mol. The fourth-order valence-electron chi connectivity index (χ4n) is 4.11. The standard InChI is InChI=1S/C24H25N3O4/c1-15-21(18-6-4-5-7-19(18)25-15)20(28)14-27-22(29)24(2,26-23(27)30)13-12-16-8-10-17(31-3)11-9-16/h4-11,25H,12-14H2,1-3H3,(H,26,30)/t24-/m0/s1. The first-order valence-electron chi connectivity index (χ1n) is 10.2. The minimum Gasteiger partial charge on any atom is -0.497 e. The number of carbonyl (C=O) groups excluding carboxylic acids is 3. The number of rotatable bonds is 7. The molecule has 31 heavy (non-hydrogen) atoms. The lowest BCUT2D eigenvalue weighted by Crippen LogP contribution is -2.44. The first-order valence-corrected chi connectivity index (χ1v) is 10.2. The van der Waals surface area contributed by atoms with Crippen molar-refractivity contribution in [1.29, 1.82) is 0 Å². The Hall–Kier alpha value is -3.61. The van der Waals surface area contributed by atoms with Crippen LogP contribution >= 0.6 is 0 Å². The number of ketones is 1. The Bertz CT molecular complexity index is 1170. The highest BCUT2D eigenvalue weighted by atomic mass is 16.5. The zero-order valence-corrected chi connectivity index (χ0v) is 17.8. The molecule has 0 unspecified atom stereocenters. The summed E-state index contributed by atoms with van der Waals surface area (Å²) < 4.78 is 5.16. The van der Waals surface area contributed by atoms with Crippen molar-refractivity contribution in [3.05, 3.63) is 65.4 Å². The van der Waals surface area contributed by atoms with Crippen LogP contribution in [0.15, 0.2) is 48.5 Å². The number of hydrogen-bond donors (Lipinski definition) is 2. The van der Waals surface area contributed by atoms with E-state index in [9.17, 15) is 14.4 Å². The number of aromatic amines is 1. The van der Waals surface area contributed by atoms with Crippen molar-refractivity contribution >= 4 is 28.6 Å². The molecule has 7 heteroatoms. The highest BCUT2D eigenvalue weighted by Crippen LogP contribution is 2.26. The molecule has 2 N–H and O–H groups in total. The molecule has 1 aliphatic heterocycles. The summed E-state index contributed by atoms with van der Waals surface area (Å²) in [7, 11) is 1.61. The molecule has 1 atom stereocenters. The fourth-order valence-corrected chi connectivity index (χ4v) is 4.11. The number of urea groups is 1. The summed E-state index contributed by atoms with van der Waals surface area (Å²) in [5.41, 5.74) is 2.08. The van der Waals surface area contributed by atoms with Crippen molar-refractivity contribution in [3.8, 4) is 5.75 Å². The number of carbonyl (C=O) groups is 3. The lowest BCUT2D eigenvalue weighted by Gasteiger charge is -2.21. The van der Waals surface area contributed by atoms with Gasteiger partial charge in [-0.1, -0.05) is 30.3 Å². The lowest BCUT2D eigenvalue weighted by molar-refractivity contribution is -0.130. The second kappa shape index (κ2) is 7.91. The highest BCUT2D eigenvalue weighted by Gasteiger charge is 2.48. The van der Waals surface area contributed by atoms with E-state index >= 15 is 0 Å². The number of ether oxygens (including phenoxy) is 1. The average Bonchev–Trinajstić information content (AvgIpc) is 3.21. The summed E-state index contributed by atoms with van der Waals surface area (Å²) >= 11 is 0. The topological polar surface area (TPSA) is 91.5 Å². The van der Waals surface area contributed by atoms with Crippen molar-refractivity contribution in [2.75, 3.05) is 13.7 Å². The van der Waals surface area contributed by atoms with E-state index in [1.165, 1.54) is 0 Å². The number of Topliss-reactive ketones (excluding diaryl/α,β-unsaturated/α-hetero) is 1. The van der Waals surface area contributed by atoms with E-state index < -0.39 is 11.6 Å². The van der Waals surface area contributed by atoms with Gasteiger partial charge in [-0.2, -0.15) is 0 Å². The largest absolute Gasteiger partial charge is 0.497 e. The van der Waals surface area contributed by atoms with Crippen LogP contribution in [0.1, 0.15) is 35.0 Å². The van der Waals surface area contributed by atoms with Gasteiger partial charge in [-0.15, -0.1) is 0 Å². The van der Waals surface area contributed by atoms with Gasteiger partial charge in [0.1, 0.15) is 11.3 Å². The number of fused-ring (bicyclic) bond motifs is 1. The summed E-state index contributed by atoms with van der Waals surface area (Å²) in [6.07, 6.45) is 1.04. The molecule has 2 aromatic carbocycles. The van der Waals surface area contributed by atoms with Crippen molar-refractivity contribution in [2.24, 2.45) is 0 Å². The molecule has 0 saturated carbocycles. The monoisotopic (exact) mass is 419 g/mol. The number of aryl methyl sites for hydroxylation is 2. The maximum Gasteiger partial charge on any atom is 0.325 e. The number of imide groups is 1. The molecule has 3 amide bonds. The third-order valence-corrected chi connectivity index (χ3v) is 5.89. The number of nitrogens with one attached hydrogen (secondary N) is 2. The van der Waals surface area contributed by atoms with Gasteiger partial charge < -0.3 is 15.0 Å². The van der Waals surface area contributed by atoms with Crippen molar-refractivity contribution < 1.29 is 19.1 Å². The first-order chi connectivity index (χ1) is 14.8. The van der Waals surface area contributed by atoms with E-state index in [2.05, 4.69) is 10.3 Å². The van der Waals surface area contributed by atoms with Crippen LogP contribution in [0, 0.1) is 6.92 Å². The zero-order valence-electron chi connectivity index (χ0n) is 17.8. The highest BCUT2D eigenvalue weighted by molar-refractivity contribution is 6.15. The van der Waals surface area contributed by atoms with Gasteiger partial charge in [0.2, 0.25) is 0 Å². The maximum absolute atomic E-state index is 13.1. The minimum atomic E-state index is -1.05. The lowest BCUT2D eigenvalue weighted by atomic mass is 9.93. The number of aromatic nitrogens is 1.